The van der Waals surface area contributed by atoms with Crippen LogP contribution in [0, 0.1) is 46.3 Å². The van der Waals surface area contributed by atoms with Gasteiger partial charge in [-0.05, 0) is 129 Å². The van der Waals surface area contributed by atoms with Crippen molar-refractivity contribution in [1.29, 1.82) is 0 Å². The third kappa shape index (κ3) is 4.44. The average Bonchev–Trinajstić information content (AvgIpc) is 3.17. The van der Waals surface area contributed by atoms with Crippen molar-refractivity contribution in [1.82, 2.24) is 5.32 Å². The lowest BCUT2D eigenvalue weighted by Gasteiger charge is -2.61. The highest BCUT2D eigenvalue weighted by molar-refractivity contribution is 5.14. The van der Waals surface area contributed by atoms with Crippen LogP contribution in [0.1, 0.15) is 97.0 Å². The van der Waals surface area contributed by atoms with Crippen LogP contribution >= 0.6 is 0 Å². The smallest absolute Gasteiger partial charge is 0.0543 e. The summed E-state index contributed by atoms with van der Waals surface area (Å²) in [6, 6.07) is 10.8. The minimum atomic E-state index is -0.0209. The molecule has 4 aliphatic rings. The molecule has 2 N–H and O–H groups in total. The Hall–Kier alpha value is -0.860. The van der Waals surface area contributed by atoms with Crippen molar-refractivity contribution < 1.29 is 5.11 Å². The maximum atomic E-state index is 10.3. The van der Waals surface area contributed by atoms with Crippen LogP contribution in [-0.2, 0) is 6.54 Å². The number of benzene rings is 1. The van der Waals surface area contributed by atoms with E-state index in [9.17, 15) is 5.11 Å². The molecule has 0 radical (unpaired) electrons. The van der Waals surface area contributed by atoms with Gasteiger partial charge in [0.2, 0.25) is 0 Å². The Labute approximate surface area is 203 Å². The van der Waals surface area contributed by atoms with Crippen LogP contribution in [0.2, 0.25) is 0 Å². The molecule has 9 unspecified atom stereocenters. The van der Waals surface area contributed by atoms with Gasteiger partial charge in [0.05, 0.1) is 6.10 Å². The lowest BCUT2D eigenvalue weighted by Crippen LogP contribution is -2.54. The predicted molar refractivity (Wildman–Crippen MR) is 138 cm³/mol. The Morgan fingerprint density at radius 1 is 0.939 bits per heavy atom. The summed E-state index contributed by atoms with van der Waals surface area (Å²) in [7, 11) is 0. The summed E-state index contributed by atoms with van der Waals surface area (Å²) >= 11 is 0. The molecule has 4 saturated carbocycles. The third-order valence-corrected chi connectivity index (χ3v) is 11.6. The van der Waals surface area contributed by atoms with E-state index in [0.29, 0.717) is 10.8 Å². The molecule has 33 heavy (non-hydrogen) atoms. The van der Waals surface area contributed by atoms with Crippen LogP contribution in [0.25, 0.3) is 0 Å². The van der Waals surface area contributed by atoms with Gasteiger partial charge in [-0.2, -0.15) is 0 Å². The molecular formula is C31H49NO. The molecule has 0 spiro atoms. The maximum Gasteiger partial charge on any atom is 0.0543 e. The summed E-state index contributed by atoms with van der Waals surface area (Å²) in [5.74, 6) is 5.42. The summed E-state index contributed by atoms with van der Waals surface area (Å²) in [5.41, 5.74) is 2.48. The van der Waals surface area contributed by atoms with Crippen molar-refractivity contribution in [3.8, 4) is 0 Å². The Bertz CT molecular complexity index is 778. The number of hydrogen-bond donors (Lipinski definition) is 2. The fourth-order valence-electron chi connectivity index (χ4n) is 9.79. The van der Waals surface area contributed by atoms with Crippen LogP contribution in [0.5, 0.6) is 0 Å². The summed E-state index contributed by atoms with van der Waals surface area (Å²) in [4.78, 5) is 0. The molecule has 5 rings (SSSR count). The minimum absolute atomic E-state index is 0.0209. The molecule has 184 valence electrons. The van der Waals surface area contributed by atoms with Gasteiger partial charge in [-0.3, -0.25) is 0 Å². The summed E-state index contributed by atoms with van der Waals surface area (Å²) < 4.78 is 0. The number of nitrogens with one attached hydrogen (secondary N) is 1. The van der Waals surface area contributed by atoms with Crippen molar-refractivity contribution in [2.45, 2.75) is 104 Å². The molecule has 1 aromatic rings. The first-order valence-corrected chi connectivity index (χ1v) is 14.3. The fraction of sp³-hybridized carbons (Fsp3) is 0.806. The fourth-order valence-corrected chi connectivity index (χ4v) is 9.79. The second kappa shape index (κ2) is 9.65. The van der Waals surface area contributed by atoms with E-state index < -0.39 is 0 Å². The van der Waals surface area contributed by atoms with Crippen molar-refractivity contribution in [3.63, 3.8) is 0 Å². The molecule has 9 atom stereocenters. The van der Waals surface area contributed by atoms with Crippen LogP contribution in [-0.4, -0.2) is 17.8 Å². The van der Waals surface area contributed by atoms with Gasteiger partial charge in [0.25, 0.3) is 0 Å². The van der Waals surface area contributed by atoms with Crippen LogP contribution < -0.4 is 5.32 Å². The SMILES string of the molecule is CC(CCCNCc1ccccc1)C1CCC2C3CCC4CC(O)CCC4(C)C3CCC12C. The normalized spacial score (nSPS) is 43.4. The average molecular weight is 452 g/mol. The Balaban J connectivity index is 1.16. The van der Waals surface area contributed by atoms with Gasteiger partial charge in [-0.1, -0.05) is 51.1 Å². The van der Waals surface area contributed by atoms with Gasteiger partial charge in [0.1, 0.15) is 0 Å². The first-order chi connectivity index (χ1) is 15.9. The van der Waals surface area contributed by atoms with E-state index in [4.69, 9.17) is 0 Å². The molecule has 1 aromatic carbocycles. The highest BCUT2D eigenvalue weighted by Crippen LogP contribution is 2.68. The van der Waals surface area contributed by atoms with Gasteiger partial charge in [-0.15, -0.1) is 0 Å². The zero-order valence-electron chi connectivity index (χ0n) is 21.6. The molecule has 0 aromatic heterocycles. The second-order valence-electron chi connectivity index (χ2n) is 13.1. The van der Waals surface area contributed by atoms with E-state index >= 15 is 0 Å². The number of aliphatic hydroxyl groups is 1. The molecule has 2 heteroatoms. The standard InChI is InChI=1S/C31H49NO/c1-22(8-7-19-32-21-23-9-5-4-6-10-23)27-13-14-28-26-12-11-24-20-25(33)15-17-30(24,2)29(26)16-18-31(27,28)3/h4-6,9-10,22,24-29,32-33H,7-8,11-21H2,1-3H3. The van der Waals surface area contributed by atoms with Crippen LogP contribution in [0.4, 0.5) is 0 Å². The topological polar surface area (TPSA) is 32.3 Å². The van der Waals surface area contributed by atoms with Crippen LogP contribution in [0.3, 0.4) is 0 Å². The Morgan fingerprint density at radius 2 is 1.70 bits per heavy atom. The van der Waals surface area contributed by atoms with E-state index in [1.54, 1.807) is 0 Å². The first-order valence-electron chi connectivity index (χ1n) is 14.3. The van der Waals surface area contributed by atoms with E-state index in [1.807, 2.05) is 0 Å². The van der Waals surface area contributed by atoms with Gasteiger partial charge in [-0.25, -0.2) is 0 Å². The van der Waals surface area contributed by atoms with Gasteiger partial charge >= 0.3 is 0 Å². The molecule has 2 nitrogen and oxygen atoms in total. The molecule has 0 bridgehead atoms. The quantitative estimate of drug-likeness (QED) is 0.429. The maximum absolute atomic E-state index is 10.3. The number of fused-ring (bicyclic) bond motifs is 5. The largest absolute Gasteiger partial charge is 0.393 e. The molecule has 4 aliphatic carbocycles. The molecule has 4 fully saturated rings. The monoisotopic (exact) mass is 451 g/mol. The highest BCUT2D eigenvalue weighted by Gasteiger charge is 2.60. The molecule has 0 aliphatic heterocycles. The van der Waals surface area contributed by atoms with E-state index in [1.165, 1.54) is 63.4 Å². The van der Waals surface area contributed by atoms with Crippen molar-refractivity contribution in [2.24, 2.45) is 46.3 Å². The lowest BCUT2D eigenvalue weighted by molar-refractivity contribution is -0.129. The van der Waals surface area contributed by atoms with Gasteiger partial charge in [0, 0.05) is 6.54 Å². The zero-order chi connectivity index (χ0) is 23.1. The Morgan fingerprint density at radius 3 is 2.52 bits per heavy atom. The second-order valence-corrected chi connectivity index (χ2v) is 13.1. The zero-order valence-corrected chi connectivity index (χ0v) is 21.6. The van der Waals surface area contributed by atoms with E-state index in [-0.39, 0.29) is 6.10 Å². The number of hydrogen-bond acceptors (Lipinski definition) is 2. The lowest BCUT2D eigenvalue weighted by atomic mass is 9.44. The summed E-state index contributed by atoms with van der Waals surface area (Å²) in [6.45, 7) is 10.0. The van der Waals surface area contributed by atoms with Gasteiger partial charge < -0.3 is 10.4 Å². The van der Waals surface area contributed by atoms with Gasteiger partial charge in [0.15, 0.2) is 0 Å². The highest BCUT2D eigenvalue weighted by atomic mass is 16.3. The summed E-state index contributed by atoms with van der Waals surface area (Å²) in [5, 5.41) is 14.0. The first kappa shape index (κ1) is 23.9. The molecular weight excluding hydrogens is 402 g/mol. The van der Waals surface area contributed by atoms with Crippen molar-refractivity contribution in [3.05, 3.63) is 35.9 Å². The molecule has 0 amide bonds. The summed E-state index contributed by atoms with van der Waals surface area (Å²) in [6.07, 6.45) is 14.8. The number of aliphatic hydroxyl groups excluding tert-OH is 1. The van der Waals surface area contributed by atoms with Crippen LogP contribution in [0.15, 0.2) is 30.3 Å². The molecule has 0 saturated heterocycles. The van der Waals surface area contributed by atoms with E-state index in [2.05, 4.69) is 56.4 Å². The van der Waals surface area contributed by atoms with E-state index in [0.717, 1.165) is 61.4 Å². The minimum Gasteiger partial charge on any atom is -0.393 e. The van der Waals surface area contributed by atoms with Crippen molar-refractivity contribution in [2.75, 3.05) is 6.54 Å². The predicted octanol–water partition coefficient (Wildman–Crippen LogP) is 7.21. The number of rotatable bonds is 7. The molecule has 0 heterocycles. The Kier molecular flexibility index (Phi) is 6.98. The third-order valence-electron chi connectivity index (χ3n) is 11.6. The van der Waals surface area contributed by atoms with Crippen molar-refractivity contribution >= 4 is 0 Å².